The van der Waals surface area contributed by atoms with E-state index in [0.717, 1.165) is 37.7 Å². The third-order valence-corrected chi connectivity index (χ3v) is 5.04. The van der Waals surface area contributed by atoms with Gasteiger partial charge in [0.05, 0.1) is 0 Å². The highest BCUT2D eigenvalue weighted by Crippen LogP contribution is 2.40. The number of Topliss-reactive ketones (excluding diaryl/α,β-unsaturated/α-hetero) is 1. The van der Waals surface area contributed by atoms with E-state index in [2.05, 4.69) is 5.32 Å². The fraction of sp³-hybridized carbons (Fsp3) is 0.556. The van der Waals surface area contributed by atoms with Gasteiger partial charge in [-0.2, -0.15) is 0 Å². The number of hydrogen-bond acceptors (Lipinski definition) is 2. The summed E-state index contributed by atoms with van der Waals surface area (Å²) in [4.78, 5) is 24.3. The number of rotatable bonds is 4. The van der Waals surface area contributed by atoms with Crippen LogP contribution >= 0.6 is 0 Å². The molecule has 0 aliphatic heterocycles. The molecule has 4 heteroatoms. The van der Waals surface area contributed by atoms with Crippen molar-refractivity contribution in [2.45, 2.75) is 38.5 Å². The minimum Gasteiger partial charge on any atom is -0.356 e. The van der Waals surface area contributed by atoms with E-state index in [9.17, 15) is 14.0 Å². The average Bonchev–Trinajstić information content (AvgIpc) is 2.49. The van der Waals surface area contributed by atoms with Crippen LogP contribution in [-0.4, -0.2) is 18.2 Å². The second-order valence-electron chi connectivity index (χ2n) is 6.56. The lowest BCUT2D eigenvalue weighted by Gasteiger charge is -2.36. The Morgan fingerprint density at radius 1 is 1.14 bits per heavy atom. The lowest BCUT2D eigenvalue weighted by atomic mass is 9.67. The highest BCUT2D eigenvalue weighted by molar-refractivity contribution is 5.88. The zero-order chi connectivity index (χ0) is 15.5. The standard InChI is InChI=1S/C18H22FNO2/c19-16-6-4-12(5-7-16)8-9-20-18(22)15-10-13-2-1-3-14(11-15)17(13)21/h4-7,13-15H,1-3,8-11H2,(H,20,22). The number of carbonyl (C=O) groups excluding carboxylic acids is 2. The number of ketones is 1. The molecule has 0 aromatic heterocycles. The minimum absolute atomic E-state index is 0.0128. The van der Waals surface area contributed by atoms with Crippen LogP contribution in [0.4, 0.5) is 4.39 Å². The highest BCUT2D eigenvalue weighted by Gasteiger charge is 2.41. The van der Waals surface area contributed by atoms with Gasteiger partial charge in [0.2, 0.25) is 5.91 Å². The van der Waals surface area contributed by atoms with Crippen molar-refractivity contribution in [1.82, 2.24) is 5.32 Å². The topological polar surface area (TPSA) is 46.2 Å². The molecule has 2 saturated carbocycles. The molecule has 3 nitrogen and oxygen atoms in total. The molecule has 2 unspecified atom stereocenters. The molecule has 1 amide bonds. The van der Waals surface area contributed by atoms with Gasteiger partial charge in [-0.05, 0) is 49.8 Å². The van der Waals surface area contributed by atoms with E-state index in [-0.39, 0.29) is 29.5 Å². The van der Waals surface area contributed by atoms with E-state index in [1.165, 1.54) is 12.1 Å². The molecule has 0 heterocycles. The molecule has 2 bridgehead atoms. The molecule has 0 radical (unpaired) electrons. The molecule has 1 aromatic rings. The van der Waals surface area contributed by atoms with Gasteiger partial charge in [0.25, 0.3) is 0 Å². The van der Waals surface area contributed by atoms with Crippen molar-refractivity contribution in [1.29, 1.82) is 0 Å². The SMILES string of the molecule is O=C(NCCc1ccc(F)cc1)C1CC2CCCC(C1)C2=O. The summed E-state index contributed by atoms with van der Waals surface area (Å²) >= 11 is 0. The van der Waals surface area contributed by atoms with Crippen LogP contribution in [0.3, 0.4) is 0 Å². The molecule has 1 aromatic carbocycles. The molecule has 2 fully saturated rings. The van der Waals surface area contributed by atoms with Gasteiger partial charge < -0.3 is 5.32 Å². The molecule has 118 valence electrons. The normalized spacial score (nSPS) is 27.5. The van der Waals surface area contributed by atoms with Crippen LogP contribution in [0.1, 0.15) is 37.7 Å². The first-order valence-corrected chi connectivity index (χ1v) is 8.19. The van der Waals surface area contributed by atoms with Crippen molar-refractivity contribution in [3.8, 4) is 0 Å². The van der Waals surface area contributed by atoms with Crippen LogP contribution in [0.2, 0.25) is 0 Å². The predicted molar refractivity (Wildman–Crippen MR) is 81.7 cm³/mol. The van der Waals surface area contributed by atoms with Gasteiger partial charge in [0.15, 0.2) is 0 Å². The zero-order valence-corrected chi connectivity index (χ0v) is 12.7. The van der Waals surface area contributed by atoms with Crippen LogP contribution in [0.15, 0.2) is 24.3 Å². The van der Waals surface area contributed by atoms with E-state index < -0.39 is 0 Å². The van der Waals surface area contributed by atoms with Gasteiger partial charge in [-0.15, -0.1) is 0 Å². The Hall–Kier alpha value is -1.71. The summed E-state index contributed by atoms with van der Waals surface area (Å²) in [6.07, 6.45) is 5.17. The first-order chi connectivity index (χ1) is 10.6. The zero-order valence-electron chi connectivity index (χ0n) is 12.7. The number of amides is 1. The Balaban J connectivity index is 1.48. The number of carbonyl (C=O) groups is 2. The van der Waals surface area contributed by atoms with Gasteiger partial charge in [0.1, 0.15) is 11.6 Å². The summed E-state index contributed by atoms with van der Waals surface area (Å²) in [6, 6.07) is 6.35. The summed E-state index contributed by atoms with van der Waals surface area (Å²) in [7, 11) is 0. The molecule has 3 rings (SSSR count). The summed E-state index contributed by atoms with van der Waals surface area (Å²) < 4.78 is 12.8. The molecule has 1 N–H and O–H groups in total. The lowest BCUT2D eigenvalue weighted by Crippen LogP contribution is -2.42. The molecule has 0 spiro atoms. The van der Waals surface area contributed by atoms with Gasteiger partial charge >= 0.3 is 0 Å². The van der Waals surface area contributed by atoms with Crippen molar-refractivity contribution in [3.63, 3.8) is 0 Å². The summed E-state index contributed by atoms with van der Waals surface area (Å²) in [5.74, 6) is 0.432. The molecular formula is C18H22FNO2. The van der Waals surface area contributed by atoms with Crippen molar-refractivity contribution in [2.75, 3.05) is 6.54 Å². The fourth-order valence-electron chi connectivity index (χ4n) is 3.82. The van der Waals surface area contributed by atoms with Gasteiger partial charge in [-0.1, -0.05) is 18.6 Å². The Labute approximate surface area is 130 Å². The number of hydrogen-bond donors (Lipinski definition) is 1. The Morgan fingerprint density at radius 3 is 2.41 bits per heavy atom. The van der Waals surface area contributed by atoms with Gasteiger partial charge in [-0.25, -0.2) is 4.39 Å². The van der Waals surface area contributed by atoms with Crippen LogP contribution in [0, 0.1) is 23.6 Å². The third-order valence-electron chi connectivity index (χ3n) is 5.04. The molecule has 22 heavy (non-hydrogen) atoms. The smallest absolute Gasteiger partial charge is 0.223 e. The first-order valence-electron chi connectivity index (χ1n) is 8.19. The van der Waals surface area contributed by atoms with Crippen LogP contribution in [-0.2, 0) is 16.0 Å². The second-order valence-corrected chi connectivity index (χ2v) is 6.56. The maximum atomic E-state index is 12.8. The number of halogens is 1. The monoisotopic (exact) mass is 303 g/mol. The highest BCUT2D eigenvalue weighted by atomic mass is 19.1. The maximum Gasteiger partial charge on any atom is 0.223 e. The van der Waals surface area contributed by atoms with Crippen molar-refractivity contribution < 1.29 is 14.0 Å². The molecule has 0 saturated heterocycles. The predicted octanol–water partition coefficient (Wildman–Crippen LogP) is 2.88. The van der Waals surface area contributed by atoms with Crippen molar-refractivity contribution in [3.05, 3.63) is 35.6 Å². The van der Waals surface area contributed by atoms with E-state index in [4.69, 9.17) is 0 Å². The summed E-state index contributed by atoms with van der Waals surface area (Å²) in [6.45, 7) is 0.560. The van der Waals surface area contributed by atoms with Crippen LogP contribution in [0.25, 0.3) is 0 Å². The number of benzene rings is 1. The number of fused-ring (bicyclic) bond motifs is 2. The fourth-order valence-corrected chi connectivity index (χ4v) is 3.82. The minimum atomic E-state index is -0.244. The molecular weight excluding hydrogens is 281 g/mol. The average molecular weight is 303 g/mol. The molecule has 2 aliphatic rings. The molecule has 2 atom stereocenters. The third kappa shape index (κ3) is 3.37. The summed E-state index contributed by atoms with van der Waals surface area (Å²) in [5, 5.41) is 2.98. The van der Waals surface area contributed by atoms with Gasteiger partial charge in [0, 0.05) is 24.3 Å². The van der Waals surface area contributed by atoms with Crippen molar-refractivity contribution >= 4 is 11.7 Å². The quantitative estimate of drug-likeness (QED) is 0.929. The Kier molecular flexibility index (Phi) is 4.55. The second kappa shape index (κ2) is 6.59. The first kappa shape index (κ1) is 15.2. The van der Waals surface area contributed by atoms with Crippen LogP contribution < -0.4 is 5.32 Å². The van der Waals surface area contributed by atoms with Crippen LogP contribution in [0.5, 0.6) is 0 Å². The summed E-state index contributed by atoms with van der Waals surface area (Å²) in [5.41, 5.74) is 1.01. The van der Waals surface area contributed by atoms with E-state index in [1.54, 1.807) is 12.1 Å². The largest absolute Gasteiger partial charge is 0.356 e. The number of nitrogens with one attached hydrogen (secondary N) is 1. The van der Waals surface area contributed by atoms with E-state index >= 15 is 0 Å². The Bertz CT molecular complexity index is 539. The van der Waals surface area contributed by atoms with Crippen molar-refractivity contribution in [2.24, 2.45) is 17.8 Å². The maximum absolute atomic E-state index is 12.8. The Morgan fingerprint density at radius 2 is 1.77 bits per heavy atom. The van der Waals surface area contributed by atoms with E-state index in [0.29, 0.717) is 18.7 Å². The van der Waals surface area contributed by atoms with Gasteiger partial charge in [-0.3, -0.25) is 9.59 Å². The molecule has 2 aliphatic carbocycles. The van der Waals surface area contributed by atoms with E-state index in [1.807, 2.05) is 0 Å². The lowest BCUT2D eigenvalue weighted by molar-refractivity contribution is -0.137.